The molecule has 0 heterocycles. The summed E-state index contributed by atoms with van der Waals surface area (Å²) in [5, 5.41) is 2.35. The molecule has 0 saturated carbocycles. The quantitative estimate of drug-likeness (QED) is 0.616. The molecule has 1 N–H and O–H groups in total. The van der Waals surface area contributed by atoms with Gasteiger partial charge in [-0.15, -0.1) is 11.8 Å². The lowest BCUT2D eigenvalue weighted by Crippen LogP contribution is -2.16. The van der Waals surface area contributed by atoms with Gasteiger partial charge >= 0.3 is 0 Å². The van der Waals surface area contributed by atoms with Crippen LogP contribution >= 0.6 is 11.8 Å². The number of thioether (sulfide) groups is 1. The van der Waals surface area contributed by atoms with Crippen LogP contribution in [0.1, 0.15) is 13.3 Å². The maximum Gasteiger partial charge on any atom is 0.234 e. The first-order chi connectivity index (χ1) is 12.6. The van der Waals surface area contributed by atoms with Gasteiger partial charge in [-0.1, -0.05) is 6.92 Å². The summed E-state index contributed by atoms with van der Waals surface area (Å²) in [6.45, 7) is 3.16. The second-order valence-corrected chi connectivity index (χ2v) is 6.50. The van der Waals surface area contributed by atoms with Gasteiger partial charge in [-0.2, -0.15) is 0 Å². The number of rotatable bonds is 10. The molecule has 4 nitrogen and oxygen atoms in total. The minimum absolute atomic E-state index is 0.128. The molecule has 0 bridgehead atoms. The van der Waals surface area contributed by atoms with Crippen molar-refractivity contribution in [2.45, 2.75) is 13.3 Å². The van der Waals surface area contributed by atoms with Crippen LogP contribution < -0.4 is 14.8 Å². The predicted octanol–water partition coefficient (Wildman–Crippen LogP) is 4.50. The number of benzene rings is 2. The molecular weight excluding hydrogens is 360 g/mol. The fraction of sp³-hybridized carbons (Fsp3) is 0.316. The highest BCUT2D eigenvalue weighted by Crippen LogP contribution is 2.18. The van der Waals surface area contributed by atoms with Crippen LogP contribution in [0.5, 0.6) is 11.5 Å². The Bertz CT molecular complexity index is 710. The van der Waals surface area contributed by atoms with Gasteiger partial charge in [0.05, 0.1) is 24.7 Å². The molecule has 0 aliphatic heterocycles. The number of ether oxygens (including phenoxy) is 2. The lowest BCUT2D eigenvalue weighted by atomic mass is 10.3. The van der Waals surface area contributed by atoms with Crippen molar-refractivity contribution in [3.63, 3.8) is 0 Å². The maximum absolute atomic E-state index is 13.4. The molecule has 0 saturated heterocycles. The van der Waals surface area contributed by atoms with E-state index in [0.29, 0.717) is 19.0 Å². The first-order valence-electron chi connectivity index (χ1n) is 8.27. The fourth-order valence-corrected chi connectivity index (χ4v) is 2.62. The molecule has 0 aliphatic rings. The van der Waals surface area contributed by atoms with Crippen LogP contribution in [0.3, 0.4) is 0 Å². The van der Waals surface area contributed by atoms with E-state index in [-0.39, 0.29) is 11.4 Å². The Balaban J connectivity index is 1.64. The van der Waals surface area contributed by atoms with Gasteiger partial charge in [-0.25, -0.2) is 8.78 Å². The standard InChI is InChI=1S/C19H21F2NO3S/c1-2-9-24-15-4-6-16(7-5-15)25-10-11-26-13-19(23)22-18-12-14(20)3-8-17(18)21/h3-8,12H,2,9-11,13H2,1H3,(H,22,23). The number of amides is 1. The molecule has 26 heavy (non-hydrogen) atoms. The van der Waals surface area contributed by atoms with Gasteiger partial charge in [-0.3, -0.25) is 4.79 Å². The van der Waals surface area contributed by atoms with Crippen LogP contribution in [0.2, 0.25) is 0 Å². The van der Waals surface area contributed by atoms with Crippen molar-refractivity contribution in [2.75, 3.05) is 30.0 Å². The van der Waals surface area contributed by atoms with Gasteiger partial charge in [0.25, 0.3) is 0 Å². The van der Waals surface area contributed by atoms with Gasteiger partial charge in [0.1, 0.15) is 23.1 Å². The van der Waals surface area contributed by atoms with Crippen LogP contribution in [-0.2, 0) is 4.79 Å². The van der Waals surface area contributed by atoms with Gasteiger partial charge in [0, 0.05) is 11.8 Å². The number of carbonyl (C=O) groups excluding carboxylic acids is 1. The molecule has 0 fully saturated rings. The molecule has 0 radical (unpaired) electrons. The zero-order valence-electron chi connectivity index (χ0n) is 14.5. The highest BCUT2D eigenvalue weighted by atomic mass is 32.2. The molecule has 7 heteroatoms. The minimum Gasteiger partial charge on any atom is -0.494 e. The fourth-order valence-electron chi connectivity index (χ4n) is 2.01. The van der Waals surface area contributed by atoms with E-state index in [0.717, 1.165) is 36.1 Å². The number of halogens is 2. The summed E-state index contributed by atoms with van der Waals surface area (Å²) in [5.41, 5.74) is -0.155. The predicted molar refractivity (Wildman–Crippen MR) is 100 cm³/mol. The van der Waals surface area contributed by atoms with Gasteiger partial charge in [0.15, 0.2) is 0 Å². The third-order valence-electron chi connectivity index (χ3n) is 3.23. The number of hydrogen-bond acceptors (Lipinski definition) is 4. The number of carbonyl (C=O) groups is 1. The van der Waals surface area contributed by atoms with Gasteiger partial charge in [0.2, 0.25) is 5.91 Å². The molecule has 2 aromatic rings. The lowest BCUT2D eigenvalue weighted by Gasteiger charge is -2.09. The molecule has 0 unspecified atom stereocenters. The summed E-state index contributed by atoms with van der Waals surface area (Å²) in [4.78, 5) is 11.8. The maximum atomic E-state index is 13.4. The van der Waals surface area contributed by atoms with Crippen molar-refractivity contribution in [2.24, 2.45) is 0 Å². The Morgan fingerprint density at radius 2 is 1.69 bits per heavy atom. The van der Waals surface area contributed by atoms with Crippen molar-refractivity contribution >= 4 is 23.4 Å². The molecule has 140 valence electrons. The zero-order valence-corrected chi connectivity index (χ0v) is 15.3. The van der Waals surface area contributed by atoms with Crippen LogP contribution in [0.15, 0.2) is 42.5 Å². The van der Waals surface area contributed by atoms with E-state index in [9.17, 15) is 13.6 Å². The summed E-state index contributed by atoms with van der Waals surface area (Å²) in [6, 6.07) is 10.3. The molecule has 0 aliphatic carbocycles. The summed E-state index contributed by atoms with van der Waals surface area (Å²) in [5.74, 6) is 0.580. The third kappa shape index (κ3) is 6.92. The average molecular weight is 381 g/mol. The minimum atomic E-state index is -0.667. The topological polar surface area (TPSA) is 47.6 Å². The largest absolute Gasteiger partial charge is 0.494 e. The summed E-state index contributed by atoms with van der Waals surface area (Å²) >= 11 is 1.35. The second-order valence-electron chi connectivity index (χ2n) is 5.39. The highest BCUT2D eigenvalue weighted by Gasteiger charge is 2.08. The van der Waals surface area contributed by atoms with Crippen molar-refractivity contribution in [3.05, 3.63) is 54.1 Å². The normalized spacial score (nSPS) is 10.4. The van der Waals surface area contributed by atoms with Crippen LogP contribution in [-0.4, -0.2) is 30.6 Å². The Kier molecular flexibility index (Phi) is 8.21. The highest BCUT2D eigenvalue weighted by molar-refractivity contribution is 7.99. The summed E-state index contributed by atoms with van der Waals surface area (Å²) < 4.78 is 37.6. The van der Waals surface area contributed by atoms with E-state index < -0.39 is 17.5 Å². The monoisotopic (exact) mass is 381 g/mol. The smallest absolute Gasteiger partial charge is 0.234 e. The van der Waals surface area contributed by atoms with Crippen LogP contribution in [0.25, 0.3) is 0 Å². The van der Waals surface area contributed by atoms with E-state index in [2.05, 4.69) is 5.32 Å². The van der Waals surface area contributed by atoms with Crippen LogP contribution in [0.4, 0.5) is 14.5 Å². The lowest BCUT2D eigenvalue weighted by molar-refractivity contribution is -0.113. The van der Waals surface area contributed by atoms with Crippen molar-refractivity contribution in [1.29, 1.82) is 0 Å². The van der Waals surface area contributed by atoms with Gasteiger partial charge < -0.3 is 14.8 Å². The Morgan fingerprint density at radius 3 is 2.35 bits per heavy atom. The van der Waals surface area contributed by atoms with E-state index in [4.69, 9.17) is 9.47 Å². The first kappa shape index (κ1) is 20.0. The molecule has 0 atom stereocenters. The van der Waals surface area contributed by atoms with E-state index >= 15 is 0 Å². The second kappa shape index (κ2) is 10.7. The third-order valence-corrected chi connectivity index (χ3v) is 4.15. The number of anilines is 1. The van der Waals surface area contributed by atoms with E-state index in [1.165, 1.54) is 11.8 Å². The Hall–Kier alpha value is -2.28. The SMILES string of the molecule is CCCOc1ccc(OCCSCC(=O)Nc2cc(F)ccc2F)cc1. The van der Waals surface area contributed by atoms with E-state index in [1.807, 2.05) is 31.2 Å². The zero-order chi connectivity index (χ0) is 18.8. The van der Waals surface area contributed by atoms with Crippen molar-refractivity contribution in [3.8, 4) is 11.5 Å². The average Bonchev–Trinajstić information content (AvgIpc) is 2.63. The van der Waals surface area contributed by atoms with Crippen molar-refractivity contribution < 1.29 is 23.0 Å². The first-order valence-corrected chi connectivity index (χ1v) is 9.42. The molecule has 0 spiro atoms. The molecule has 1 amide bonds. The number of hydrogen-bond donors (Lipinski definition) is 1. The summed E-state index contributed by atoms with van der Waals surface area (Å²) in [7, 11) is 0. The molecule has 2 aromatic carbocycles. The van der Waals surface area contributed by atoms with Gasteiger partial charge in [-0.05, 0) is 42.8 Å². The van der Waals surface area contributed by atoms with Crippen LogP contribution in [0, 0.1) is 11.6 Å². The molecule has 0 aromatic heterocycles. The molecular formula is C19H21F2NO3S. The molecule has 2 rings (SSSR count). The number of nitrogens with one attached hydrogen (secondary N) is 1. The Morgan fingerprint density at radius 1 is 1.04 bits per heavy atom. The Labute approximate surface area is 155 Å². The summed E-state index contributed by atoms with van der Waals surface area (Å²) in [6.07, 6.45) is 0.953. The van der Waals surface area contributed by atoms with E-state index in [1.54, 1.807) is 0 Å². The van der Waals surface area contributed by atoms with Crippen molar-refractivity contribution in [1.82, 2.24) is 0 Å².